The zero-order valence-electron chi connectivity index (χ0n) is 10.5. The Morgan fingerprint density at radius 3 is 2.84 bits per heavy atom. The normalized spacial score (nSPS) is 10.2. The fourth-order valence-corrected chi connectivity index (χ4v) is 2.37. The van der Waals surface area contributed by atoms with Gasteiger partial charge in [-0.2, -0.15) is 4.37 Å². The minimum Gasteiger partial charge on any atom is -0.382 e. The Kier molecular flexibility index (Phi) is 4.30. The molecule has 6 nitrogen and oxygen atoms in total. The van der Waals surface area contributed by atoms with Crippen molar-refractivity contribution in [1.29, 1.82) is 0 Å². The standard InChI is InChI=1S/C12H15N5OS/c1-2-15-9(18)7-16-12-10(11(13)17-19-12)8-3-5-14-6-4-8/h3-6,16H,2,7H2,1H3,(H2,13,17)(H,15,18). The minimum absolute atomic E-state index is 0.0600. The number of amides is 1. The Labute approximate surface area is 115 Å². The molecule has 1 amide bonds. The highest BCUT2D eigenvalue weighted by atomic mass is 32.1. The second-order valence-corrected chi connectivity index (χ2v) is 4.59. The summed E-state index contributed by atoms with van der Waals surface area (Å²) >= 11 is 1.24. The van der Waals surface area contributed by atoms with E-state index in [4.69, 9.17) is 5.73 Å². The fraction of sp³-hybridized carbons (Fsp3) is 0.250. The van der Waals surface area contributed by atoms with Crippen molar-refractivity contribution < 1.29 is 4.79 Å². The van der Waals surface area contributed by atoms with Gasteiger partial charge in [0.1, 0.15) is 10.8 Å². The van der Waals surface area contributed by atoms with Crippen LogP contribution < -0.4 is 16.4 Å². The smallest absolute Gasteiger partial charge is 0.239 e. The number of nitrogens with two attached hydrogens (primary N) is 1. The maximum absolute atomic E-state index is 11.4. The Morgan fingerprint density at radius 2 is 2.16 bits per heavy atom. The second-order valence-electron chi connectivity index (χ2n) is 3.81. The van der Waals surface area contributed by atoms with Gasteiger partial charge in [0, 0.05) is 18.9 Å². The molecule has 7 heteroatoms. The lowest BCUT2D eigenvalue weighted by atomic mass is 10.1. The van der Waals surface area contributed by atoms with E-state index in [0.717, 1.165) is 16.1 Å². The van der Waals surface area contributed by atoms with Gasteiger partial charge in [0.05, 0.1) is 12.1 Å². The van der Waals surface area contributed by atoms with E-state index in [9.17, 15) is 4.79 Å². The number of carbonyl (C=O) groups is 1. The average molecular weight is 277 g/mol. The zero-order valence-corrected chi connectivity index (χ0v) is 11.3. The molecule has 100 valence electrons. The van der Waals surface area contributed by atoms with Gasteiger partial charge in [0.25, 0.3) is 0 Å². The lowest BCUT2D eigenvalue weighted by molar-refractivity contribution is -0.119. The third-order valence-electron chi connectivity index (χ3n) is 2.47. The first kappa shape index (κ1) is 13.3. The summed E-state index contributed by atoms with van der Waals surface area (Å²) in [6.45, 7) is 2.70. The van der Waals surface area contributed by atoms with Crippen LogP contribution in [0.5, 0.6) is 0 Å². The summed E-state index contributed by atoms with van der Waals surface area (Å²) in [7, 11) is 0. The lowest BCUT2D eigenvalue weighted by Gasteiger charge is -2.07. The van der Waals surface area contributed by atoms with Gasteiger partial charge in [-0.15, -0.1) is 0 Å². The molecule has 0 saturated heterocycles. The number of anilines is 2. The highest BCUT2D eigenvalue weighted by Crippen LogP contribution is 2.36. The van der Waals surface area contributed by atoms with Crippen LogP contribution in [-0.2, 0) is 4.79 Å². The van der Waals surface area contributed by atoms with Crippen LogP contribution in [0.2, 0.25) is 0 Å². The lowest BCUT2D eigenvalue weighted by Crippen LogP contribution is -2.29. The number of nitrogens with one attached hydrogen (secondary N) is 2. The molecular weight excluding hydrogens is 262 g/mol. The number of hydrogen-bond acceptors (Lipinski definition) is 6. The minimum atomic E-state index is -0.0600. The van der Waals surface area contributed by atoms with Crippen LogP contribution in [-0.4, -0.2) is 28.4 Å². The molecule has 0 fully saturated rings. The second kappa shape index (κ2) is 6.14. The molecule has 2 aromatic rings. The first-order valence-corrected chi connectivity index (χ1v) is 6.65. The summed E-state index contributed by atoms with van der Waals surface area (Å²) in [5.74, 6) is 0.393. The van der Waals surface area contributed by atoms with Crippen LogP contribution in [0.4, 0.5) is 10.8 Å². The molecule has 2 rings (SSSR count). The van der Waals surface area contributed by atoms with Gasteiger partial charge in [-0.3, -0.25) is 9.78 Å². The molecule has 2 aromatic heterocycles. The molecule has 0 aliphatic rings. The van der Waals surface area contributed by atoms with Gasteiger partial charge in [0.15, 0.2) is 0 Å². The van der Waals surface area contributed by atoms with Gasteiger partial charge in [-0.1, -0.05) is 0 Å². The maximum atomic E-state index is 11.4. The molecule has 0 unspecified atom stereocenters. The van der Waals surface area contributed by atoms with E-state index in [0.29, 0.717) is 12.4 Å². The van der Waals surface area contributed by atoms with E-state index in [-0.39, 0.29) is 12.5 Å². The van der Waals surface area contributed by atoms with Crippen molar-refractivity contribution in [1.82, 2.24) is 14.7 Å². The number of carbonyl (C=O) groups excluding carboxylic acids is 1. The van der Waals surface area contributed by atoms with Crippen LogP contribution in [0, 0.1) is 0 Å². The van der Waals surface area contributed by atoms with Crippen LogP contribution in [0.25, 0.3) is 11.1 Å². The molecule has 2 heterocycles. The quantitative estimate of drug-likeness (QED) is 0.767. The molecule has 0 bridgehead atoms. The van der Waals surface area contributed by atoms with Gasteiger partial charge >= 0.3 is 0 Å². The number of hydrogen-bond donors (Lipinski definition) is 3. The van der Waals surface area contributed by atoms with Crippen molar-refractivity contribution in [2.24, 2.45) is 0 Å². The van der Waals surface area contributed by atoms with E-state index >= 15 is 0 Å². The van der Waals surface area contributed by atoms with Crippen LogP contribution in [0.15, 0.2) is 24.5 Å². The summed E-state index contributed by atoms with van der Waals surface area (Å²) < 4.78 is 4.12. The maximum Gasteiger partial charge on any atom is 0.239 e. The molecule has 0 aliphatic heterocycles. The van der Waals surface area contributed by atoms with E-state index in [2.05, 4.69) is 20.0 Å². The SMILES string of the molecule is CCNC(=O)CNc1snc(N)c1-c1ccncc1. The van der Waals surface area contributed by atoms with E-state index < -0.39 is 0 Å². The summed E-state index contributed by atoms with van der Waals surface area (Å²) in [4.78, 5) is 15.4. The Hall–Kier alpha value is -2.15. The van der Waals surface area contributed by atoms with Crippen LogP contribution >= 0.6 is 11.5 Å². The molecule has 0 atom stereocenters. The monoisotopic (exact) mass is 277 g/mol. The molecule has 0 spiro atoms. The van der Waals surface area contributed by atoms with Crippen molar-refractivity contribution in [3.63, 3.8) is 0 Å². The predicted octanol–water partition coefficient (Wildman–Crippen LogP) is 1.34. The van der Waals surface area contributed by atoms with Crippen LogP contribution in [0.1, 0.15) is 6.92 Å². The number of likely N-dealkylation sites (N-methyl/N-ethyl adjacent to an activating group) is 1. The van der Waals surface area contributed by atoms with Crippen LogP contribution in [0.3, 0.4) is 0 Å². The summed E-state index contributed by atoms with van der Waals surface area (Å²) in [5, 5.41) is 6.57. The number of aromatic nitrogens is 2. The molecule has 4 N–H and O–H groups in total. The van der Waals surface area contributed by atoms with Crippen molar-refractivity contribution in [2.75, 3.05) is 24.1 Å². The van der Waals surface area contributed by atoms with Crippen molar-refractivity contribution in [2.45, 2.75) is 6.92 Å². The average Bonchev–Trinajstić information content (AvgIpc) is 2.79. The molecule has 0 radical (unpaired) electrons. The van der Waals surface area contributed by atoms with Gasteiger partial charge in [-0.05, 0) is 36.2 Å². The Morgan fingerprint density at radius 1 is 1.42 bits per heavy atom. The van der Waals surface area contributed by atoms with Crippen molar-refractivity contribution >= 4 is 28.3 Å². The molecular formula is C12H15N5OS. The van der Waals surface area contributed by atoms with Gasteiger partial charge < -0.3 is 16.4 Å². The highest BCUT2D eigenvalue weighted by molar-refractivity contribution is 7.11. The zero-order chi connectivity index (χ0) is 13.7. The van der Waals surface area contributed by atoms with Crippen molar-refractivity contribution in [3.05, 3.63) is 24.5 Å². The molecule has 0 aliphatic carbocycles. The number of pyridine rings is 1. The summed E-state index contributed by atoms with van der Waals surface area (Å²) in [5.41, 5.74) is 7.62. The third-order valence-corrected chi connectivity index (χ3v) is 3.29. The Bertz CT molecular complexity index is 555. The largest absolute Gasteiger partial charge is 0.382 e. The first-order valence-electron chi connectivity index (χ1n) is 5.88. The van der Waals surface area contributed by atoms with Gasteiger partial charge in [0.2, 0.25) is 5.91 Å². The topological polar surface area (TPSA) is 92.9 Å². The highest BCUT2D eigenvalue weighted by Gasteiger charge is 2.14. The molecule has 0 saturated carbocycles. The summed E-state index contributed by atoms with van der Waals surface area (Å²) in [6.07, 6.45) is 3.39. The first-order chi connectivity index (χ1) is 9.22. The fourth-order valence-electron chi connectivity index (χ4n) is 1.64. The number of rotatable bonds is 5. The van der Waals surface area contributed by atoms with E-state index in [1.165, 1.54) is 11.5 Å². The summed E-state index contributed by atoms with van der Waals surface area (Å²) in [6, 6.07) is 3.72. The Balaban J connectivity index is 2.17. The van der Waals surface area contributed by atoms with E-state index in [1.807, 2.05) is 19.1 Å². The third kappa shape index (κ3) is 3.19. The number of nitrogens with zero attached hydrogens (tertiary/aromatic N) is 2. The van der Waals surface area contributed by atoms with Crippen molar-refractivity contribution in [3.8, 4) is 11.1 Å². The van der Waals surface area contributed by atoms with E-state index in [1.54, 1.807) is 12.4 Å². The predicted molar refractivity (Wildman–Crippen MR) is 76.9 cm³/mol. The molecule has 19 heavy (non-hydrogen) atoms. The van der Waals surface area contributed by atoms with Gasteiger partial charge in [-0.25, -0.2) is 0 Å². The number of nitrogen functional groups attached to an aromatic ring is 1. The molecule has 0 aromatic carbocycles.